The molecule has 1 aliphatic carbocycles. The summed E-state index contributed by atoms with van der Waals surface area (Å²) in [5.41, 5.74) is 0. The zero-order valence-electron chi connectivity index (χ0n) is 7.26. The van der Waals surface area contributed by atoms with Crippen molar-refractivity contribution in [2.75, 3.05) is 26.3 Å². The van der Waals surface area contributed by atoms with E-state index in [1.165, 1.54) is 0 Å². The highest BCUT2D eigenvalue weighted by atomic mass is 35.5. The lowest BCUT2D eigenvalue weighted by molar-refractivity contribution is 0.0347. The monoisotopic (exact) mass is 213 g/mol. The second kappa shape index (κ2) is 4.07. The predicted octanol–water partition coefficient (Wildman–Crippen LogP) is 1.30. The Hall–Kier alpha value is 0.0700. The molecule has 0 spiro atoms. The third-order valence-corrected chi connectivity index (χ3v) is 2.49. The molecule has 0 bridgehead atoms. The number of hydrogen-bond donors (Lipinski definition) is 1. The van der Waals surface area contributed by atoms with E-state index >= 15 is 0 Å². The molecule has 2 aliphatic rings. The third-order valence-electron chi connectivity index (χ3n) is 2.49. The van der Waals surface area contributed by atoms with E-state index in [4.69, 9.17) is 4.74 Å². The summed E-state index contributed by atoms with van der Waals surface area (Å²) in [6.45, 7) is 2.82. The van der Waals surface area contributed by atoms with E-state index in [0.29, 0.717) is 12.5 Å². The largest absolute Gasteiger partial charge is 0.381 e. The minimum absolute atomic E-state index is 0. The summed E-state index contributed by atoms with van der Waals surface area (Å²) >= 11 is 0. The first-order valence-corrected chi connectivity index (χ1v) is 4.35. The van der Waals surface area contributed by atoms with Gasteiger partial charge in [0.25, 0.3) is 5.92 Å². The minimum Gasteiger partial charge on any atom is -0.381 e. The van der Waals surface area contributed by atoms with E-state index in [2.05, 4.69) is 5.32 Å². The quantitative estimate of drug-likeness (QED) is 0.760. The number of halogens is 3. The van der Waals surface area contributed by atoms with Crippen LogP contribution < -0.4 is 5.32 Å². The summed E-state index contributed by atoms with van der Waals surface area (Å²) in [6, 6.07) is 0. The van der Waals surface area contributed by atoms with E-state index in [1.54, 1.807) is 0 Å². The number of hydrogen-bond acceptors (Lipinski definition) is 2. The van der Waals surface area contributed by atoms with Crippen molar-refractivity contribution in [1.82, 2.24) is 5.32 Å². The highest BCUT2D eigenvalue weighted by molar-refractivity contribution is 5.85. The van der Waals surface area contributed by atoms with E-state index in [-0.39, 0.29) is 25.4 Å². The number of nitrogens with one attached hydrogen (secondary N) is 1. The Bertz CT molecular complexity index is 176. The molecule has 1 unspecified atom stereocenters. The van der Waals surface area contributed by atoms with Gasteiger partial charge in [-0.3, -0.25) is 0 Å². The molecule has 2 nitrogen and oxygen atoms in total. The fraction of sp³-hybridized carbons (Fsp3) is 1.00. The lowest BCUT2D eigenvalue weighted by Crippen LogP contribution is -2.44. The van der Waals surface area contributed by atoms with Gasteiger partial charge in [-0.2, -0.15) is 0 Å². The summed E-state index contributed by atoms with van der Waals surface area (Å²) in [6.07, 6.45) is 0.0237. The molecule has 0 aromatic rings. The van der Waals surface area contributed by atoms with Gasteiger partial charge >= 0.3 is 0 Å². The Morgan fingerprint density at radius 3 is 2.31 bits per heavy atom. The fourth-order valence-corrected chi connectivity index (χ4v) is 1.29. The van der Waals surface area contributed by atoms with E-state index < -0.39 is 11.8 Å². The van der Waals surface area contributed by atoms with Crippen molar-refractivity contribution in [3.05, 3.63) is 0 Å². The number of alkyl halides is 2. The average molecular weight is 214 g/mol. The van der Waals surface area contributed by atoms with Crippen LogP contribution in [0.1, 0.15) is 6.42 Å². The van der Waals surface area contributed by atoms with Crippen LogP contribution in [-0.4, -0.2) is 32.2 Å². The summed E-state index contributed by atoms with van der Waals surface area (Å²) in [4.78, 5) is 0. The Balaban J connectivity index is 0.000000845. The smallest absolute Gasteiger partial charge is 0.253 e. The van der Waals surface area contributed by atoms with Crippen LogP contribution in [0.25, 0.3) is 0 Å². The zero-order valence-corrected chi connectivity index (χ0v) is 8.08. The molecule has 0 aromatic carbocycles. The van der Waals surface area contributed by atoms with Crippen LogP contribution in [0.2, 0.25) is 0 Å². The van der Waals surface area contributed by atoms with Crippen LogP contribution in [0.4, 0.5) is 8.78 Å². The highest BCUT2D eigenvalue weighted by Crippen LogP contribution is 2.48. The normalized spacial score (nSPS) is 30.5. The molecular formula is C8H14ClF2NO. The van der Waals surface area contributed by atoms with Gasteiger partial charge in [0.15, 0.2) is 0 Å². The Morgan fingerprint density at radius 1 is 1.31 bits per heavy atom. The molecule has 13 heavy (non-hydrogen) atoms. The highest BCUT2D eigenvalue weighted by Gasteiger charge is 2.56. The second-order valence-electron chi connectivity index (χ2n) is 3.72. The summed E-state index contributed by atoms with van der Waals surface area (Å²) in [7, 11) is 0. The van der Waals surface area contributed by atoms with Crippen LogP contribution in [0.5, 0.6) is 0 Å². The van der Waals surface area contributed by atoms with Crippen LogP contribution in [0.15, 0.2) is 0 Å². The van der Waals surface area contributed by atoms with Crippen LogP contribution >= 0.6 is 12.4 Å². The second-order valence-corrected chi connectivity index (χ2v) is 3.72. The van der Waals surface area contributed by atoms with Crippen molar-refractivity contribution in [3.63, 3.8) is 0 Å². The standard InChI is InChI=1S/C8H13F2NO.ClH/c9-8(10)1-7(8)5-12-4-6-2-11-3-6;/h6-7,11H,1-5H2;1H. The first-order chi connectivity index (χ1) is 5.68. The number of ether oxygens (including phenoxy) is 1. The maximum atomic E-state index is 12.3. The molecule has 2 rings (SSSR count). The maximum absolute atomic E-state index is 12.3. The van der Waals surface area contributed by atoms with Crippen molar-refractivity contribution in [2.45, 2.75) is 12.3 Å². The molecule has 1 heterocycles. The predicted molar refractivity (Wildman–Crippen MR) is 47.5 cm³/mol. The molecule has 78 valence electrons. The average Bonchev–Trinajstić information content (AvgIpc) is 2.47. The fourth-order valence-electron chi connectivity index (χ4n) is 1.29. The van der Waals surface area contributed by atoms with Gasteiger partial charge in [-0.1, -0.05) is 0 Å². The van der Waals surface area contributed by atoms with Crippen LogP contribution in [0, 0.1) is 11.8 Å². The van der Waals surface area contributed by atoms with Gasteiger partial charge < -0.3 is 10.1 Å². The summed E-state index contributed by atoms with van der Waals surface area (Å²) in [5, 5.41) is 3.10. The molecule has 0 aromatic heterocycles. The van der Waals surface area contributed by atoms with Gasteiger partial charge in [0.05, 0.1) is 19.1 Å². The molecule has 1 atom stereocenters. The molecule has 1 N–H and O–H groups in total. The SMILES string of the molecule is Cl.FC1(F)CC1COCC1CNC1. The van der Waals surface area contributed by atoms with Crippen molar-refractivity contribution in [2.24, 2.45) is 11.8 Å². The lowest BCUT2D eigenvalue weighted by Gasteiger charge is -2.26. The first-order valence-electron chi connectivity index (χ1n) is 4.35. The van der Waals surface area contributed by atoms with Gasteiger partial charge in [0.1, 0.15) is 0 Å². The van der Waals surface area contributed by atoms with Gasteiger partial charge in [-0.15, -0.1) is 12.4 Å². The molecule has 5 heteroatoms. The topological polar surface area (TPSA) is 21.3 Å². The van der Waals surface area contributed by atoms with Gasteiger partial charge in [0.2, 0.25) is 0 Å². The lowest BCUT2D eigenvalue weighted by atomic mass is 10.1. The maximum Gasteiger partial charge on any atom is 0.253 e. The Labute approximate surface area is 82.4 Å². The van der Waals surface area contributed by atoms with Gasteiger partial charge in [-0.25, -0.2) is 8.78 Å². The van der Waals surface area contributed by atoms with Crippen molar-refractivity contribution in [3.8, 4) is 0 Å². The van der Waals surface area contributed by atoms with E-state index in [9.17, 15) is 8.78 Å². The molecule has 1 saturated carbocycles. The molecule has 1 saturated heterocycles. The van der Waals surface area contributed by atoms with Crippen LogP contribution in [-0.2, 0) is 4.74 Å². The van der Waals surface area contributed by atoms with E-state index in [1.807, 2.05) is 0 Å². The van der Waals surface area contributed by atoms with Crippen molar-refractivity contribution >= 4 is 12.4 Å². The third kappa shape index (κ3) is 2.76. The number of rotatable bonds is 4. The molecular weight excluding hydrogens is 200 g/mol. The summed E-state index contributed by atoms with van der Waals surface area (Å²) < 4.78 is 29.8. The van der Waals surface area contributed by atoms with Gasteiger partial charge in [0, 0.05) is 25.4 Å². The summed E-state index contributed by atoms with van der Waals surface area (Å²) in [5.74, 6) is -2.36. The van der Waals surface area contributed by atoms with Crippen molar-refractivity contribution < 1.29 is 13.5 Å². The minimum atomic E-state index is -2.42. The Kier molecular flexibility index (Phi) is 3.49. The van der Waals surface area contributed by atoms with Crippen LogP contribution in [0.3, 0.4) is 0 Å². The van der Waals surface area contributed by atoms with Gasteiger partial charge in [-0.05, 0) is 0 Å². The van der Waals surface area contributed by atoms with E-state index in [0.717, 1.165) is 13.1 Å². The zero-order chi connectivity index (χ0) is 8.60. The van der Waals surface area contributed by atoms with Crippen molar-refractivity contribution in [1.29, 1.82) is 0 Å². The first kappa shape index (κ1) is 11.1. The Morgan fingerprint density at radius 2 is 1.92 bits per heavy atom. The molecule has 0 radical (unpaired) electrons. The molecule has 1 aliphatic heterocycles. The molecule has 2 fully saturated rings. The molecule has 0 amide bonds.